The second kappa shape index (κ2) is 9.22. The van der Waals surface area contributed by atoms with Crippen LogP contribution in [0.5, 0.6) is 0 Å². The summed E-state index contributed by atoms with van der Waals surface area (Å²) in [5.41, 5.74) is 19.6. The summed E-state index contributed by atoms with van der Waals surface area (Å²) in [4.78, 5) is 0. The van der Waals surface area contributed by atoms with Crippen molar-refractivity contribution < 1.29 is 0 Å². The van der Waals surface area contributed by atoms with Crippen molar-refractivity contribution in [3.63, 3.8) is 0 Å². The standard InChI is InChI=1S/C43H34N2/c1-3-44-36-17-13-26(22-34(36)42-38(44)19-15-30-24-28-9-5-7-11-32(28)40(30)42)21-27-14-18-37-35(23-27)43-39(45(37)4-2)20-16-31-25-29-10-6-8-12-33(29)41(31)43/h5-20,22-23H,3-4,21,24-25H2,1-2H3. The number of aromatic nitrogens is 2. The molecule has 2 heteroatoms. The van der Waals surface area contributed by atoms with Crippen molar-refractivity contribution in [2.24, 2.45) is 0 Å². The highest BCUT2D eigenvalue weighted by atomic mass is 15.0. The maximum Gasteiger partial charge on any atom is 0.0497 e. The molecule has 0 N–H and O–H groups in total. The molecule has 45 heavy (non-hydrogen) atoms. The molecule has 0 spiro atoms. The molecular formula is C43H34N2. The molecule has 0 unspecified atom stereocenters. The average molecular weight is 579 g/mol. The lowest BCUT2D eigenvalue weighted by Crippen LogP contribution is -1.94. The Balaban J connectivity index is 1.16. The van der Waals surface area contributed by atoms with Crippen LogP contribution in [0.4, 0.5) is 0 Å². The molecule has 2 aliphatic carbocycles. The van der Waals surface area contributed by atoms with Gasteiger partial charge in [0.15, 0.2) is 0 Å². The van der Waals surface area contributed by atoms with Gasteiger partial charge in [0.05, 0.1) is 0 Å². The van der Waals surface area contributed by atoms with Gasteiger partial charge in [-0.1, -0.05) is 72.8 Å². The van der Waals surface area contributed by atoms with Gasteiger partial charge in [-0.05, 0) is 125 Å². The molecule has 6 aromatic carbocycles. The number of benzene rings is 6. The van der Waals surface area contributed by atoms with E-state index in [0.29, 0.717) is 0 Å². The maximum absolute atomic E-state index is 2.50. The van der Waals surface area contributed by atoms with Gasteiger partial charge in [-0.25, -0.2) is 0 Å². The van der Waals surface area contributed by atoms with Crippen LogP contribution >= 0.6 is 0 Å². The van der Waals surface area contributed by atoms with Crippen LogP contribution in [-0.4, -0.2) is 9.13 Å². The summed E-state index contributed by atoms with van der Waals surface area (Å²) in [5.74, 6) is 0. The third-order valence-electron chi connectivity index (χ3n) is 10.7. The van der Waals surface area contributed by atoms with Crippen LogP contribution in [0.25, 0.3) is 65.9 Å². The molecule has 0 atom stereocenters. The van der Waals surface area contributed by atoms with Crippen molar-refractivity contribution in [3.8, 4) is 22.3 Å². The number of hydrogen-bond acceptors (Lipinski definition) is 0. The highest BCUT2D eigenvalue weighted by Crippen LogP contribution is 2.47. The molecule has 2 aromatic heterocycles. The zero-order chi connectivity index (χ0) is 29.8. The van der Waals surface area contributed by atoms with Crippen LogP contribution in [0.3, 0.4) is 0 Å². The van der Waals surface area contributed by atoms with Gasteiger partial charge in [-0.2, -0.15) is 0 Å². The summed E-state index contributed by atoms with van der Waals surface area (Å²) in [6.45, 7) is 6.47. The minimum atomic E-state index is 0.917. The predicted octanol–water partition coefficient (Wildman–Crippen LogP) is 10.7. The largest absolute Gasteiger partial charge is 0.341 e. The first-order valence-electron chi connectivity index (χ1n) is 16.5. The molecule has 2 heterocycles. The summed E-state index contributed by atoms with van der Waals surface area (Å²) in [6.07, 6.45) is 2.97. The second-order valence-corrected chi connectivity index (χ2v) is 13.0. The van der Waals surface area contributed by atoms with Crippen molar-refractivity contribution in [1.29, 1.82) is 0 Å². The molecule has 0 aliphatic heterocycles. The number of rotatable bonds is 4. The number of nitrogens with zero attached hydrogens (tertiary/aromatic N) is 2. The third kappa shape index (κ3) is 3.40. The third-order valence-corrected chi connectivity index (χ3v) is 10.7. The zero-order valence-electron chi connectivity index (χ0n) is 25.8. The average Bonchev–Trinajstić information content (AvgIpc) is 3.81. The fraction of sp³-hybridized carbons (Fsp3) is 0.163. The molecule has 2 nitrogen and oxygen atoms in total. The SMILES string of the molecule is CCn1c2ccc(Cc3ccc4c(c3)c3c5c(ccc3n4CC)Cc3ccccc3-5)cc2c2c3c(ccc21)Cc1ccccc1-3. The summed E-state index contributed by atoms with van der Waals surface area (Å²) >= 11 is 0. The van der Waals surface area contributed by atoms with Gasteiger partial charge < -0.3 is 9.13 Å². The summed E-state index contributed by atoms with van der Waals surface area (Å²) in [5, 5.41) is 5.62. The van der Waals surface area contributed by atoms with E-state index in [-0.39, 0.29) is 0 Å². The van der Waals surface area contributed by atoms with Gasteiger partial charge in [0, 0.05) is 56.7 Å². The highest BCUT2D eigenvalue weighted by Gasteiger charge is 2.25. The first-order valence-corrected chi connectivity index (χ1v) is 16.5. The van der Waals surface area contributed by atoms with Crippen LogP contribution in [0, 0.1) is 0 Å². The van der Waals surface area contributed by atoms with E-state index >= 15 is 0 Å². The van der Waals surface area contributed by atoms with Crippen molar-refractivity contribution in [2.45, 2.75) is 46.2 Å². The number of hydrogen-bond donors (Lipinski definition) is 0. The lowest BCUT2D eigenvalue weighted by atomic mass is 9.96. The Labute approximate surface area is 263 Å². The molecule has 0 fully saturated rings. The first kappa shape index (κ1) is 25.3. The lowest BCUT2D eigenvalue weighted by molar-refractivity contribution is 0.827. The Bertz CT molecular complexity index is 2360. The molecule has 0 saturated heterocycles. The van der Waals surface area contributed by atoms with Crippen LogP contribution in [0.1, 0.15) is 47.2 Å². The fourth-order valence-corrected chi connectivity index (χ4v) is 8.86. The van der Waals surface area contributed by atoms with E-state index in [1.54, 1.807) is 0 Å². The van der Waals surface area contributed by atoms with E-state index in [4.69, 9.17) is 0 Å². The van der Waals surface area contributed by atoms with Crippen molar-refractivity contribution in [2.75, 3.05) is 0 Å². The Morgan fingerprint density at radius 2 is 0.911 bits per heavy atom. The van der Waals surface area contributed by atoms with Gasteiger partial charge in [0.25, 0.3) is 0 Å². The van der Waals surface area contributed by atoms with E-state index in [0.717, 1.165) is 32.4 Å². The van der Waals surface area contributed by atoms with Crippen molar-refractivity contribution in [3.05, 3.63) is 143 Å². The Hall–Kier alpha value is -5.08. The molecule has 2 aliphatic rings. The maximum atomic E-state index is 2.50. The monoisotopic (exact) mass is 578 g/mol. The van der Waals surface area contributed by atoms with E-state index in [2.05, 4.69) is 132 Å². The van der Waals surface area contributed by atoms with Crippen molar-refractivity contribution >= 4 is 43.6 Å². The molecule has 0 bridgehead atoms. The lowest BCUT2D eigenvalue weighted by Gasteiger charge is -2.07. The Morgan fingerprint density at radius 1 is 0.467 bits per heavy atom. The highest BCUT2D eigenvalue weighted by molar-refractivity contribution is 6.18. The van der Waals surface area contributed by atoms with E-state index < -0.39 is 0 Å². The smallest absolute Gasteiger partial charge is 0.0497 e. The fourth-order valence-electron chi connectivity index (χ4n) is 8.86. The normalized spacial score (nSPS) is 13.2. The predicted molar refractivity (Wildman–Crippen MR) is 190 cm³/mol. The van der Waals surface area contributed by atoms with Crippen LogP contribution in [0.2, 0.25) is 0 Å². The summed E-state index contributed by atoms with van der Waals surface area (Å²) in [6, 6.07) is 41.8. The Kier molecular flexibility index (Phi) is 5.18. The van der Waals surface area contributed by atoms with Crippen molar-refractivity contribution in [1.82, 2.24) is 9.13 Å². The zero-order valence-corrected chi connectivity index (χ0v) is 25.8. The first-order chi connectivity index (χ1) is 22.2. The molecular weight excluding hydrogens is 544 g/mol. The summed E-state index contributed by atoms with van der Waals surface area (Å²) < 4.78 is 5.00. The molecule has 0 radical (unpaired) electrons. The molecule has 8 aromatic rings. The topological polar surface area (TPSA) is 9.86 Å². The molecule has 216 valence electrons. The van der Waals surface area contributed by atoms with Gasteiger partial charge in [0.1, 0.15) is 0 Å². The quantitative estimate of drug-likeness (QED) is 0.197. The molecule has 0 saturated carbocycles. The number of aryl methyl sites for hydroxylation is 2. The molecule has 10 rings (SSSR count). The number of fused-ring (bicyclic) bond motifs is 14. The van der Waals surface area contributed by atoms with Gasteiger partial charge in [-0.15, -0.1) is 0 Å². The van der Waals surface area contributed by atoms with E-state index in [1.165, 1.54) is 99.2 Å². The van der Waals surface area contributed by atoms with Crippen LogP contribution in [-0.2, 0) is 32.4 Å². The Morgan fingerprint density at radius 3 is 1.38 bits per heavy atom. The van der Waals surface area contributed by atoms with Crippen LogP contribution < -0.4 is 0 Å². The van der Waals surface area contributed by atoms with E-state index in [1.807, 2.05) is 0 Å². The van der Waals surface area contributed by atoms with Gasteiger partial charge in [0.2, 0.25) is 0 Å². The minimum Gasteiger partial charge on any atom is -0.341 e. The minimum absolute atomic E-state index is 0.917. The van der Waals surface area contributed by atoms with Gasteiger partial charge >= 0.3 is 0 Å². The molecule has 0 amide bonds. The van der Waals surface area contributed by atoms with Crippen LogP contribution in [0.15, 0.2) is 109 Å². The second-order valence-electron chi connectivity index (χ2n) is 13.0. The summed E-state index contributed by atoms with van der Waals surface area (Å²) in [7, 11) is 0. The van der Waals surface area contributed by atoms with E-state index in [9.17, 15) is 0 Å². The van der Waals surface area contributed by atoms with Gasteiger partial charge in [-0.3, -0.25) is 0 Å².